The van der Waals surface area contributed by atoms with Crippen molar-refractivity contribution in [2.24, 2.45) is 4.99 Å². The molecular weight excluding hydrogens is 352 g/mol. The molecule has 7 heteroatoms. The average molecular weight is 387 g/mol. The summed E-state index contributed by atoms with van der Waals surface area (Å²) >= 11 is 0. The second kappa shape index (κ2) is 11.5. The molecule has 0 spiro atoms. The summed E-state index contributed by atoms with van der Waals surface area (Å²) in [6, 6.07) is 10.4. The lowest BCUT2D eigenvalue weighted by Gasteiger charge is -2.19. The Labute approximate surface area is 168 Å². The highest BCUT2D eigenvalue weighted by molar-refractivity contribution is 5.85. The number of guanidine groups is 1. The first kappa shape index (κ1) is 21.9. The monoisotopic (exact) mass is 386 g/mol. The van der Waals surface area contributed by atoms with E-state index in [1.165, 1.54) is 5.56 Å². The van der Waals surface area contributed by atoms with Crippen LogP contribution in [0.1, 0.15) is 12.0 Å². The van der Waals surface area contributed by atoms with Gasteiger partial charge in [-0.25, -0.2) is 4.98 Å². The molecule has 0 saturated heterocycles. The SMILES string of the molecule is CN=C(NCCN(C)CCCOC)NCc1cc(N(C)C)nc2ccccc12. The molecule has 0 radical (unpaired) electrons. The number of methoxy groups -OCH3 is 1. The van der Waals surface area contributed by atoms with Gasteiger partial charge in [0.25, 0.3) is 0 Å². The zero-order chi connectivity index (χ0) is 20.4. The van der Waals surface area contributed by atoms with Crippen molar-refractivity contribution in [1.82, 2.24) is 20.5 Å². The van der Waals surface area contributed by atoms with Gasteiger partial charge in [0, 0.05) is 66.4 Å². The van der Waals surface area contributed by atoms with Gasteiger partial charge in [-0.3, -0.25) is 4.99 Å². The number of benzene rings is 1. The summed E-state index contributed by atoms with van der Waals surface area (Å²) in [5.74, 6) is 1.76. The molecule has 0 amide bonds. The highest BCUT2D eigenvalue weighted by Gasteiger charge is 2.08. The van der Waals surface area contributed by atoms with Gasteiger partial charge in [0.05, 0.1) is 5.52 Å². The van der Waals surface area contributed by atoms with Crippen LogP contribution in [0, 0.1) is 0 Å². The van der Waals surface area contributed by atoms with Gasteiger partial charge in [-0.1, -0.05) is 18.2 Å². The van der Waals surface area contributed by atoms with Crippen molar-refractivity contribution in [3.63, 3.8) is 0 Å². The minimum atomic E-state index is 0.688. The first-order chi connectivity index (χ1) is 13.5. The first-order valence-electron chi connectivity index (χ1n) is 9.73. The maximum absolute atomic E-state index is 5.10. The predicted molar refractivity (Wildman–Crippen MR) is 118 cm³/mol. The minimum absolute atomic E-state index is 0.688. The molecule has 0 aliphatic carbocycles. The molecule has 7 nitrogen and oxygen atoms in total. The third-order valence-corrected chi connectivity index (χ3v) is 4.59. The van der Waals surface area contributed by atoms with E-state index in [1.54, 1.807) is 14.2 Å². The van der Waals surface area contributed by atoms with E-state index in [0.29, 0.717) is 6.54 Å². The standard InChI is InChI=1S/C21H34N6O/c1-22-21(23-11-13-27(4)12-8-14-28-5)24-16-17-15-20(26(2)3)25-19-10-7-6-9-18(17)19/h6-7,9-10,15H,8,11-14,16H2,1-5H3,(H2,22,23,24). The van der Waals surface area contributed by atoms with Gasteiger partial charge in [0.15, 0.2) is 5.96 Å². The Kier molecular flexibility index (Phi) is 8.97. The van der Waals surface area contributed by atoms with E-state index in [4.69, 9.17) is 9.72 Å². The molecular formula is C21H34N6O. The van der Waals surface area contributed by atoms with Gasteiger partial charge < -0.3 is 25.2 Å². The summed E-state index contributed by atoms with van der Waals surface area (Å²) in [6.45, 7) is 4.30. The molecule has 0 saturated carbocycles. The van der Waals surface area contributed by atoms with Crippen LogP contribution in [0.2, 0.25) is 0 Å². The Balaban J connectivity index is 1.93. The number of aromatic nitrogens is 1. The number of hydrogen-bond acceptors (Lipinski definition) is 5. The number of nitrogens with one attached hydrogen (secondary N) is 2. The molecule has 1 aromatic carbocycles. The van der Waals surface area contributed by atoms with E-state index in [2.05, 4.69) is 51.8 Å². The molecule has 1 heterocycles. The Hall–Kier alpha value is -2.38. The predicted octanol–water partition coefficient (Wildman–Crippen LogP) is 1.93. The molecule has 28 heavy (non-hydrogen) atoms. The topological polar surface area (TPSA) is 65.0 Å². The fourth-order valence-electron chi connectivity index (χ4n) is 2.96. The first-order valence-corrected chi connectivity index (χ1v) is 9.73. The molecule has 0 aliphatic heterocycles. The lowest BCUT2D eigenvalue weighted by atomic mass is 10.1. The maximum Gasteiger partial charge on any atom is 0.191 e. The number of fused-ring (bicyclic) bond motifs is 1. The lowest BCUT2D eigenvalue weighted by molar-refractivity contribution is 0.180. The number of nitrogens with zero attached hydrogens (tertiary/aromatic N) is 4. The molecule has 0 atom stereocenters. The Bertz CT molecular complexity index is 762. The molecule has 0 bridgehead atoms. The van der Waals surface area contributed by atoms with Crippen molar-refractivity contribution in [3.05, 3.63) is 35.9 Å². The normalized spacial score (nSPS) is 11.9. The summed E-state index contributed by atoms with van der Waals surface area (Å²) < 4.78 is 5.10. The molecule has 154 valence electrons. The average Bonchev–Trinajstić information content (AvgIpc) is 2.70. The molecule has 1 aromatic heterocycles. The van der Waals surface area contributed by atoms with Crippen molar-refractivity contribution in [3.8, 4) is 0 Å². The smallest absolute Gasteiger partial charge is 0.191 e. The van der Waals surface area contributed by atoms with Crippen LogP contribution in [0.15, 0.2) is 35.3 Å². The third kappa shape index (κ3) is 6.65. The number of likely N-dealkylation sites (N-methyl/N-ethyl adjacent to an activating group) is 1. The fourth-order valence-corrected chi connectivity index (χ4v) is 2.96. The van der Waals surface area contributed by atoms with Crippen LogP contribution in [0.5, 0.6) is 0 Å². The molecule has 0 fully saturated rings. The van der Waals surface area contributed by atoms with Crippen LogP contribution in [0.4, 0.5) is 5.82 Å². The lowest BCUT2D eigenvalue weighted by Crippen LogP contribution is -2.40. The van der Waals surface area contributed by atoms with Crippen LogP contribution in [0.3, 0.4) is 0 Å². The summed E-state index contributed by atoms with van der Waals surface area (Å²) in [4.78, 5) is 13.4. The minimum Gasteiger partial charge on any atom is -0.385 e. The van der Waals surface area contributed by atoms with Crippen molar-refractivity contribution >= 4 is 22.7 Å². The fraction of sp³-hybridized carbons (Fsp3) is 0.524. The molecule has 2 rings (SSSR count). The number of hydrogen-bond donors (Lipinski definition) is 2. The second-order valence-corrected chi connectivity index (χ2v) is 7.05. The second-order valence-electron chi connectivity index (χ2n) is 7.05. The number of anilines is 1. The van der Waals surface area contributed by atoms with Gasteiger partial charge in [0.1, 0.15) is 5.82 Å². The summed E-state index contributed by atoms with van der Waals surface area (Å²) in [7, 11) is 9.69. The van der Waals surface area contributed by atoms with Gasteiger partial charge in [-0.05, 0) is 31.2 Å². The van der Waals surface area contributed by atoms with Crippen molar-refractivity contribution < 1.29 is 4.74 Å². The zero-order valence-corrected chi connectivity index (χ0v) is 17.8. The highest BCUT2D eigenvalue weighted by atomic mass is 16.5. The van der Waals surface area contributed by atoms with Crippen molar-refractivity contribution in [1.29, 1.82) is 0 Å². The number of aliphatic imine (C=N–C) groups is 1. The van der Waals surface area contributed by atoms with Crippen molar-refractivity contribution in [2.45, 2.75) is 13.0 Å². The van der Waals surface area contributed by atoms with Crippen LogP contribution in [0.25, 0.3) is 10.9 Å². The number of ether oxygens (including phenoxy) is 1. The van der Waals surface area contributed by atoms with E-state index in [-0.39, 0.29) is 0 Å². The van der Waals surface area contributed by atoms with E-state index < -0.39 is 0 Å². The van der Waals surface area contributed by atoms with Crippen LogP contribution >= 0.6 is 0 Å². The van der Waals surface area contributed by atoms with Crippen LogP contribution in [-0.2, 0) is 11.3 Å². The third-order valence-electron chi connectivity index (χ3n) is 4.59. The van der Waals surface area contributed by atoms with E-state index in [9.17, 15) is 0 Å². The molecule has 2 aromatic rings. The molecule has 0 unspecified atom stereocenters. The Morgan fingerprint density at radius 2 is 1.93 bits per heavy atom. The number of pyridine rings is 1. The molecule has 2 N–H and O–H groups in total. The van der Waals surface area contributed by atoms with Crippen LogP contribution in [-0.4, -0.2) is 77.4 Å². The molecule has 0 aliphatic rings. The van der Waals surface area contributed by atoms with E-state index >= 15 is 0 Å². The summed E-state index contributed by atoms with van der Waals surface area (Å²) in [5.41, 5.74) is 2.21. The zero-order valence-electron chi connectivity index (χ0n) is 17.8. The van der Waals surface area contributed by atoms with Gasteiger partial charge >= 0.3 is 0 Å². The van der Waals surface area contributed by atoms with Crippen molar-refractivity contribution in [2.75, 3.05) is 66.4 Å². The number of rotatable bonds is 10. The summed E-state index contributed by atoms with van der Waals surface area (Å²) in [5, 5.41) is 7.97. The maximum atomic E-state index is 5.10. The van der Waals surface area contributed by atoms with Gasteiger partial charge in [-0.15, -0.1) is 0 Å². The van der Waals surface area contributed by atoms with Crippen LogP contribution < -0.4 is 15.5 Å². The highest BCUT2D eigenvalue weighted by Crippen LogP contribution is 2.21. The Morgan fingerprint density at radius 1 is 1.14 bits per heavy atom. The van der Waals surface area contributed by atoms with Gasteiger partial charge in [0.2, 0.25) is 0 Å². The summed E-state index contributed by atoms with van der Waals surface area (Å²) in [6.07, 6.45) is 1.04. The quantitative estimate of drug-likeness (QED) is 0.370. The largest absolute Gasteiger partial charge is 0.385 e. The van der Waals surface area contributed by atoms with E-state index in [0.717, 1.165) is 55.3 Å². The van der Waals surface area contributed by atoms with E-state index in [1.807, 2.05) is 25.1 Å². The Morgan fingerprint density at radius 3 is 2.64 bits per heavy atom. The number of para-hydroxylation sites is 1. The van der Waals surface area contributed by atoms with Gasteiger partial charge in [-0.2, -0.15) is 0 Å².